The van der Waals surface area contributed by atoms with Gasteiger partial charge >= 0.3 is 0 Å². The molecule has 0 saturated heterocycles. The van der Waals surface area contributed by atoms with Crippen LogP contribution in [0.25, 0.3) is 11.1 Å². The summed E-state index contributed by atoms with van der Waals surface area (Å²) in [6, 6.07) is 13.6. The number of anilines is 1. The Bertz CT molecular complexity index is 479. The maximum absolute atomic E-state index is 6.11. The van der Waals surface area contributed by atoms with Gasteiger partial charge in [0.25, 0.3) is 0 Å². The first kappa shape index (κ1) is 10.5. The number of hydrogen-bond donors (Lipinski definition) is 1. The number of nitrogen functional groups attached to an aromatic ring is 1. The molecule has 0 spiro atoms. The SMILES string of the molecule is Nc1ccc(-c2ccc(Br)cc2)c(Cl)c1. The molecule has 0 aliphatic heterocycles. The van der Waals surface area contributed by atoms with E-state index in [0.29, 0.717) is 10.7 Å². The van der Waals surface area contributed by atoms with E-state index in [2.05, 4.69) is 15.9 Å². The molecule has 2 aromatic rings. The molecular formula is C12H9BrClN. The van der Waals surface area contributed by atoms with Crippen LogP contribution < -0.4 is 5.73 Å². The molecule has 0 saturated carbocycles. The molecule has 0 bridgehead atoms. The van der Waals surface area contributed by atoms with Crippen molar-refractivity contribution in [2.24, 2.45) is 0 Å². The van der Waals surface area contributed by atoms with Crippen molar-refractivity contribution in [3.63, 3.8) is 0 Å². The Balaban J connectivity index is 2.49. The zero-order chi connectivity index (χ0) is 10.8. The summed E-state index contributed by atoms with van der Waals surface area (Å²) in [6.45, 7) is 0. The summed E-state index contributed by atoms with van der Waals surface area (Å²) < 4.78 is 1.05. The van der Waals surface area contributed by atoms with Gasteiger partial charge in [-0.05, 0) is 29.8 Å². The van der Waals surface area contributed by atoms with Crippen molar-refractivity contribution < 1.29 is 0 Å². The topological polar surface area (TPSA) is 26.0 Å². The van der Waals surface area contributed by atoms with Crippen molar-refractivity contribution in [2.75, 3.05) is 5.73 Å². The maximum atomic E-state index is 6.11. The van der Waals surface area contributed by atoms with Crippen LogP contribution in [0.2, 0.25) is 5.02 Å². The van der Waals surface area contributed by atoms with E-state index in [-0.39, 0.29) is 0 Å². The predicted octanol–water partition coefficient (Wildman–Crippen LogP) is 4.35. The summed E-state index contributed by atoms with van der Waals surface area (Å²) in [4.78, 5) is 0. The van der Waals surface area contributed by atoms with Crippen LogP contribution in [0.4, 0.5) is 5.69 Å². The lowest BCUT2D eigenvalue weighted by molar-refractivity contribution is 1.59. The summed E-state index contributed by atoms with van der Waals surface area (Å²) in [5, 5.41) is 0.678. The van der Waals surface area contributed by atoms with Crippen LogP contribution in [0.3, 0.4) is 0 Å². The molecule has 1 nitrogen and oxygen atoms in total. The highest BCUT2D eigenvalue weighted by Gasteiger charge is 2.03. The molecular weight excluding hydrogens is 273 g/mol. The Morgan fingerprint density at radius 1 is 1.00 bits per heavy atom. The van der Waals surface area contributed by atoms with Crippen LogP contribution in [0.1, 0.15) is 0 Å². The van der Waals surface area contributed by atoms with Crippen molar-refractivity contribution in [1.82, 2.24) is 0 Å². The van der Waals surface area contributed by atoms with Gasteiger partial charge in [-0.15, -0.1) is 0 Å². The summed E-state index contributed by atoms with van der Waals surface area (Å²) in [7, 11) is 0. The van der Waals surface area contributed by atoms with Crippen LogP contribution in [-0.2, 0) is 0 Å². The Labute approximate surface area is 102 Å². The van der Waals surface area contributed by atoms with E-state index in [0.717, 1.165) is 15.6 Å². The molecule has 2 N–H and O–H groups in total. The molecule has 0 atom stereocenters. The first-order chi connectivity index (χ1) is 7.16. The fraction of sp³-hybridized carbons (Fsp3) is 0. The molecule has 0 radical (unpaired) electrons. The summed E-state index contributed by atoms with van der Waals surface area (Å²) in [6.07, 6.45) is 0. The third-order valence-electron chi connectivity index (χ3n) is 2.15. The van der Waals surface area contributed by atoms with Gasteiger partial charge in [0.15, 0.2) is 0 Å². The molecule has 15 heavy (non-hydrogen) atoms. The van der Waals surface area contributed by atoms with Crippen LogP contribution >= 0.6 is 27.5 Å². The van der Waals surface area contributed by atoms with E-state index in [1.165, 1.54) is 0 Å². The second-order valence-corrected chi connectivity index (χ2v) is 4.57. The first-order valence-electron chi connectivity index (χ1n) is 4.48. The molecule has 0 aliphatic carbocycles. The second kappa shape index (κ2) is 4.25. The van der Waals surface area contributed by atoms with Crippen molar-refractivity contribution in [1.29, 1.82) is 0 Å². The lowest BCUT2D eigenvalue weighted by Crippen LogP contribution is -1.85. The molecule has 0 fully saturated rings. The quantitative estimate of drug-likeness (QED) is 0.773. The van der Waals surface area contributed by atoms with Crippen molar-refractivity contribution in [3.8, 4) is 11.1 Å². The van der Waals surface area contributed by atoms with Crippen molar-refractivity contribution >= 4 is 33.2 Å². The first-order valence-corrected chi connectivity index (χ1v) is 5.65. The molecule has 0 aromatic heterocycles. The Morgan fingerprint density at radius 2 is 1.67 bits per heavy atom. The van der Waals surface area contributed by atoms with Gasteiger partial charge in [0.05, 0.1) is 5.02 Å². The number of hydrogen-bond acceptors (Lipinski definition) is 1. The van der Waals surface area contributed by atoms with Crippen LogP contribution in [0, 0.1) is 0 Å². The number of benzene rings is 2. The highest BCUT2D eigenvalue weighted by Crippen LogP contribution is 2.30. The molecule has 0 amide bonds. The van der Waals surface area contributed by atoms with Crippen LogP contribution in [0.15, 0.2) is 46.9 Å². The standard InChI is InChI=1S/C12H9BrClN/c13-9-3-1-8(2-4-9)11-6-5-10(15)7-12(11)14/h1-7H,15H2. The van der Waals surface area contributed by atoms with Gasteiger partial charge in [0.1, 0.15) is 0 Å². The maximum Gasteiger partial charge on any atom is 0.0504 e. The zero-order valence-corrected chi connectivity index (χ0v) is 10.2. The molecule has 0 aliphatic rings. The normalized spacial score (nSPS) is 10.3. The van der Waals surface area contributed by atoms with Crippen molar-refractivity contribution in [2.45, 2.75) is 0 Å². The number of nitrogens with two attached hydrogens (primary N) is 1. The zero-order valence-electron chi connectivity index (χ0n) is 7.87. The number of halogens is 2. The Hall–Kier alpha value is -0.990. The van der Waals surface area contributed by atoms with Crippen LogP contribution in [0.5, 0.6) is 0 Å². The van der Waals surface area contributed by atoms with Gasteiger partial charge in [-0.1, -0.05) is 45.7 Å². The fourth-order valence-corrected chi connectivity index (χ4v) is 1.96. The predicted molar refractivity (Wildman–Crippen MR) is 69.0 cm³/mol. The van der Waals surface area contributed by atoms with Crippen LogP contribution in [-0.4, -0.2) is 0 Å². The fourth-order valence-electron chi connectivity index (χ4n) is 1.39. The van der Waals surface area contributed by atoms with E-state index in [4.69, 9.17) is 17.3 Å². The number of rotatable bonds is 1. The molecule has 0 unspecified atom stereocenters. The van der Waals surface area contributed by atoms with E-state index in [9.17, 15) is 0 Å². The summed E-state index contributed by atoms with van der Waals surface area (Å²) >= 11 is 9.51. The minimum absolute atomic E-state index is 0.678. The van der Waals surface area contributed by atoms with E-state index < -0.39 is 0 Å². The Kier molecular flexibility index (Phi) is 2.98. The average Bonchev–Trinajstić information content (AvgIpc) is 2.20. The average molecular weight is 283 g/mol. The summed E-state index contributed by atoms with van der Waals surface area (Å²) in [5.41, 5.74) is 8.40. The van der Waals surface area contributed by atoms with Gasteiger partial charge in [0, 0.05) is 15.7 Å². The molecule has 0 heterocycles. The second-order valence-electron chi connectivity index (χ2n) is 3.25. The highest BCUT2D eigenvalue weighted by molar-refractivity contribution is 9.10. The third-order valence-corrected chi connectivity index (χ3v) is 2.99. The lowest BCUT2D eigenvalue weighted by atomic mass is 10.1. The molecule has 3 heteroatoms. The molecule has 2 aromatic carbocycles. The molecule has 2 rings (SSSR count). The Morgan fingerprint density at radius 3 is 2.27 bits per heavy atom. The van der Waals surface area contributed by atoms with E-state index in [1.54, 1.807) is 6.07 Å². The van der Waals surface area contributed by atoms with Gasteiger partial charge in [-0.25, -0.2) is 0 Å². The molecule has 76 valence electrons. The van der Waals surface area contributed by atoms with Gasteiger partial charge in [-0.2, -0.15) is 0 Å². The van der Waals surface area contributed by atoms with E-state index >= 15 is 0 Å². The lowest BCUT2D eigenvalue weighted by Gasteiger charge is -2.05. The monoisotopic (exact) mass is 281 g/mol. The largest absolute Gasteiger partial charge is 0.399 e. The highest BCUT2D eigenvalue weighted by atomic mass is 79.9. The summed E-state index contributed by atoms with van der Waals surface area (Å²) in [5.74, 6) is 0. The smallest absolute Gasteiger partial charge is 0.0504 e. The van der Waals surface area contributed by atoms with Gasteiger partial charge in [0.2, 0.25) is 0 Å². The minimum Gasteiger partial charge on any atom is -0.399 e. The van der Waals surface area contributed by atoms with Crippen molar-refractivity contribution in [3.05, 3.63) is 52.0 Å². The van der Waals surface area contributed by atoms with Gasteiger partial charge in [-0.3, -0.25) is 0 Å². The van der Waals surface area contributed by atoms with Gasteiger partial charge < -0.3 is 5.73 Å². The minimum atomic E-state index is 0.678. The van der Waals surface area contributed by atoms with E-state index in [1.807, 2.05) is 36.4 Å². The third kappa shape index (κ3) is 2.33.